The van der Waals surface area contributed by atoms with Crippen molar-refractivity contribution in [2.45, 2.75) is 71.9 Å². The zero-order chi connectivity index (χ0) is 28.7. The van der Waals surface area contributed by atoms with Crippen LogP contribution >= 0.6 is 23.2 Å². The van der Waals surface area contributed by atoms with E-state index in [-0.39, 0.29) is 17.9 Å². The summed E-state index contributed by atoms with van der Waals surface area (Å²) >= 11 is 12.5. The first-order chi connectivity index (χ1) is 17.7. The molecule has 0 radical (unpaired) electrons. The molecule has 210 valence electrons. The fourth-order valence-corrected chi connectivity index (χ4v) is 5.32. The van der Waals surface area contributed by atoms with Crippen molar-refractivity contribution >= 4 is 50.7 Å². The molecule has 38 heavy (non-hydrogen) atoms. The molecule has 0 aliphatic carbocycles. The average Bonchev–Trinajstić information content (AvgIpc) is 2.82. The van der Waals surface area contributed by atoms with Crippen LogP contribution in [-0.2, 0) is 31.6 Å². The molecule has 0 aromatic heterocycles. The van der Waals surface area contributed by atoms with E-state index in [0.29, 0.717) is 34.3 Å². The van der Waals surface area contributed by atoms with Crippen LogP contribution in [0.2, 0.25) is 10.0 Å². The Morgan fingerprint density at radius 3 is 2.16 bits per heavy atom. The van der Waals surface area contributed by atoms with E-state index in [4.69, 9.17) is 23.2 Å². The van der Waals surface area contributed by atoms with Crippen LogP contribution in [0, 0.1) is 0 Å². The maximum Gasteiger partial charge on any atom is 0.244 e. The fraction of sp³-hybridized carbons (Fsp3) is 0.500. The van der Waals surface area contributed by atoms with Crippen LogP contribution in [0.15, 0.2) is 42.5 Å². The van der Waals surface area contributed by atoms with E-state index in [0.717, 1.165) is 29.0 Å². The number of carbonyl (C=O) groups excluding carboxylic acids is 2. The van der Waals surface area contributed by atoms with E-state index in [9.17, 15) is 18.0 Å². The third-order valence-electron chi connectivity index (χ3n) is 6.27. The van der Waals surface area contributed by atoms with Crippen LogP contribution in [0.25, 0.3) is 0 Å². The highest BCUT2D eigenvalue weighted by molar-refractivity contribution is 7.92. The Morgan fingerprint density at radius 2 is 1.66 bits per heavy atom. The van der Waals surface area contributed by atoms with Crippen LogP contribution in [0.5, 0.6) is 0 Å². The number of carbonyl (C=O) groups is 2. The predicted octanol–water partition coefficient (Wildman–Crippen LogP) is 5.78. The van der Waals surface area contributed by atoms with E-state index in [1.54, 1.807) is 30.3 Å². The van der Waals surface area contributed by atoms with Gasteiger partial charge in [0.15, 0.2) is 0 Å². The highest BCUT2D eigenvalue weighted by Crippen LogP contribution is 2.27. The smallest absolute Gasteiger partial charge is 0.244 e. The molecule has 0 saturated carbocycles. The summed E-state index contributed by atoms with van der Waals surface area (Å²) in [5, 5.41) is 3.70. The monoisotopic (exact) mass is 583 g/mol. The second-order valence-electron chi connectivity index (χ2n) is 10.4. The van der Waals surface area contributed by atoms with Crippen LogP contribution in [0.3, 0.4) is 0 Å². The van der Waals surface area contributed by atoms with Gasteiger partial charge in [0.25, 0.3) is 0 Å². The third kappa shape index (κ3) is 8.89. The summed E-state index contributed by atoms with van der Waals surface area (Å²) in [6.45, 7) is 10.1. The molecule has 2 rings (SSSR count). The number of nitrogens with one attached hydrogen (secondary N) is 1. The van der Waals surface area contributed by atoms with Gasteiger partial charge in [-0.15, -0.1) is 0 Å². The first-order valence-electron chi connectivity index (χ1n) is 12.8. The van der Waals surface area contributed by atoms with Gasteiger partial charge in [-0.1, -0.05) is 82.4 Å². The van der Waals surface area contributed by atoms with Gasteiger partial charge in [0.2, 0.25) is 21.8 Å². The minimum Gasteiger partial charge on any atom is -0.354 e. The first-order valence-corrected chi connectivity index (χ1v) is 15.4. The van der Waals surface area contributed by atoms with Crippen molar-refractivity contribution in [1.29, 1.82) is 0 Å². The molecule has 0 fully saturated rings. The molecule has 0 heterocycles. The van der Waals surface area contributed by atoms with Gasteiger partial charge in [-0.2, -0.15) is 0 Å². The Balaban J connectivity index is 2.45. The summed E-state index contributed by atoms with van der Waals surface area (Å²) in [6.07, 6.45) is 3.13. The van der Waals surface area contributed by atoms with Gasteiger partial charge < -0.3 is 10.2 Å². The summed E-state index contributed by atoms with van der Waals surface area (Å²) in [5.74, 6) is -0.807. The average molecular weight is 585 g/mol. The molecule has 0 saturated heterocycles. The molecule has 1 atom stereocenters. The molecule has 0 aliphatic rings. The number of hydrogen-bond donors (Lipinski definition) is 1. The van der Waals surface area contributed by atoms with E-state index < -0.39 is 28.5 Å². The summed E-state index contributed by atoms with van der Waals surface area (Å²) in [4.78, 5) is 28.3. The quantitative estimate of drug-likeness (QED) is 0.321. The highest BCUT2D eigenvalue weighted by atomic mass is 35.5. The molecular weight excluding hydrogens is 545 g/mol. The molecular formula is C28H39Cl2N3O4S. The molecule has 2 aromatic carbocycles. The Morgan fingerprint density at radius 1 is 1.03 bits per heavy atom. The minimum atomic E-state index is -3.81. The van der Waals surface area contributed by atoms with Crippen LogP contribution < -0.4 is 9.62 Å². The SMILES string of the molecule is CCCCNC(=O)[C@H](CC)N(Cc1ccc(Cl)cc1Cl)C(=O)CN(c1ccc(C(C)(C)C)cc1)S(C)(=O)=O. The molecule has 0 spiro atoms. The van der Waals surface area contributed by atoms with Crippen LogP contribution in [0.4, 0.5) is 5.69 Å². The predicted molar refractivity (Wildman–Crippen MR) is 156 cm³/mol. The second kappa shape index (κ2) is 13.7. The Labute approximate surface area is 237 Å². The molecule has 2 amide bonds. The van der Waals surface area contributed by atoms with Gasteiger partial charge in [-0.25, -0.2) is 8.42 Å². The largest absolute Gasteiger partial charge is 0.354 e. The van der Waals surface area contributed by atoms with Gasteiger partial charge in [-0.3, -0.25) is 13.9 Å². The van der Waals surface area contributed by atoms with Crippen LogP contribution in [0.1, 0.15) is 65.0 Å². The van der Waals surface area contributed by atoms with Crippen molar-refractivity contribution in [3.8, 4) is 0 Å². The van der Waals surface area contributed by atoms with E-state index in [1.165, 1.54) is 4.90 Å². The third-order valence-corrected chi connectivity index (χ3v) is 8.00. The topological polar surface area (TPSA) is 86.8 Å². The van der Waals surface area contributed by atoms with Crippen LogP contribution in [-0.4, -0.2) is 50.5 Å². The maximum atomic E-state index is 13.8. The van der Waals surface area contributed by atoms with Crippen molar-refractivity contribution in [2.75, 3.05) is 23.7 Å². The summed E-state index contributed by atoms with van der Waals surface area (Å²) in [6, 6.07) is 11.2. The van der Waals surface area contributed by atoms with Crippen molar-refractivity contribution in [2.24, 2.45) is 0 Å². The number of rotatable bonds is 12. The van der Waals surface area contributed by atoms with E-state index in [1.807, 2.05) is 26.0 Å². The number of nitrogens with zero attached hydrogens (tertiary/aromatic N) is 2. The number of sulfonamides is 1. The van der Waals surface area contributed by atoms with E-state index in [2.05, 4.69) is 26.1 Å². The maximum absolute atomic E-state index is 13.8. The number of amides is 2. The summed E-state index contributed by atoms with van der Waals surface area (Å²) in [5.41, 5.74) is 1.90. The Bertz CT molecular complexity index is 1210. The lowest BCUT2D eigenvalue weighted by Gasteiger charge is -2.33. The summed E-state index contributed by atoms with van der Waals surface area (Å²) in [7, 11) is -3.81. The zero-order valence-electron chi connectivity index (χ0n) is 23.1. The molecule has 0 unspecified atom stereocenters. The molecule has 7 nitrogen and oxygen atoms in total. The molecule has 10 heteroatoms. The number of benzene rings is 2. The molecule has 2 aromatic rings. The standard InChI is InChI=1S/C28H39Cl2N3O4S/c1-7-9-16-31-27(35)25(8-2)32(18-20-10-13-22(29)17-24(20)30)26(34)19-33(38(6,36)37)23-14-11-21(12-15-23)28(3,4)5/h10-15,17,25H,7-9,16,18-19H2,1-6H3,(H,31,35)/t25-/m0/s1. The normalized spacial score (nSPS) is 12.6. The van der Waals surface area contributed by atoms with Gasteiger partial charge in [0.1, 0.15) is 12.6 Å². The first kappa shape index (κ1) is 31.9. The van der Waals surface area contributed by atoms with Crippen molar-refractivity contribution in [3.63, 3.8) is 0 Å². The Hall–Kier alpha value is -2.29. The fourth-order valence-electron chi connectivity index (χ4n) is 4.00. The Kier molecular flexibility index (Phi) is 11.5. The number of anilines is 1. The lowest BCUT2D eigenvalue weighted by molar-refractivity contribution is -0.140. The number of halogens is 2. The van der Waals surface area contributed by atoms with Gasteiger partial charge in [-0.05, 0) is 53.6 Å². The van der Waals surface area contributed by atoms with Crippen molar-refractivity contribution < 1.29 is 18.0 Å². The summed E-state index contributed by atoms with van der Waals surface area (Å²) < 4.78 is 26.7. The lowest BCUT2D eigenvalue weighted by atomic mass is 9.87. The van der Waals surface area contributed by atoms with Gasteiger partial charge in [0.05, 0.1) is 11.9 Å². The molecule has 1 N–H and O–H groups in total. The minimum absolute atomic E-state index is 0.0229. The lowest BCUT2D eigenvalue weighted by Crippen LogP contribution is -2.52. The highest BCUT2D eigenvalue weighted by Gasteiger charge is 2.32. The molecule has 0 aliphatic heterocycles. The molecule has 0 bridgehead atoms. The second-order valence-corrected chi connectivity index (χ2v) is 13.1. The zero-order valence-corrected chi connectivity index (χ0v) is 25.4. The number of unbranched alkanes of at least 4 members (excludes halogenated alkanes) is 1. The van der Waals surface area contributed by atoms with E-state index >= 15 is 0 Å². The van der Waals surface area contributed by atoms with Gasteiger partial charge >= 0.3 is 0 Å². The van der Waals surface area contributed by atoms with Crippen molar-refractivity contribution in [3.05, 3.63) is 63.6 Å². The number of hydrogen-bond acceptors (Lipinski definition) is 4. The van der Waals surface area contributed by atoms with Crippen molar-refractivity contribution in [1.82, 2.24) is 10.2 Å². The van der Waals surface area contributed by atoms with Gasteiger partial charge in [0, 0.05) is 23.1 Å².